The maximum atomic E-state index is 13.0. The molecular weight excluding hydrogens is 439 g/mol. The predicted octanol–water partition coefficient (Wildman–Crippen LogP) is 0.589. The first-order valence-corrected chi connectivity index (χ1v) is 9.46. The van der Waals surface area contributed by atoms with Crippen LogP contribution < -0.4 is 29.6 Å². The van der Waals surface area contributed by atoms with Crippen LogP contribution in [0.15, 0.2) is 0 Å². The standard InChI is InChI=1S/C10H16F2O4.C9H12F2O3.Na.H/c1-15-8(13)6-4-3-5-7-10(11,12)9(14)16-2;1-14-8(13)6-4-2-3-5-9(10,11)7(6)12;;/h3-7H2,1-2H3;6H,2-5H2,1H3;;/q;;+1;-1. The summed E-state index contributed by atoms with van der Waals surface area (Å²) in [7, 11) is 3.29. The van der Waals surface area contributed by atoms with E-state index in [0.29, 0.717) is 19.3 Å². The minimum atomic E-state index is -3.43. The van der Waals surface area contributed by atoms with E-state index in [4.69, 9.17) is 0 Å². The van der Waals surface area contributed by atoms with Crippen LogP contribution in [0.25, 0.3) is 0 Å². The van der Waals surface area contributed by atoms with Crippen LogP contribution in [0.1, 0.15) is 59.2 Å². The van der Waals surface area contributed by atoms with E-state index in [2.05, 4.69) is 14.2 Å². The molecule has 1 saturated carbocycles. The summed E-state index contributed by atoms with van der Waals surface area (Å²) in [5, 5.41) is 0. The predicted molar refractivity (Wildman–Crippen MR) is 97.1 cm³/mol. The SMILES string of the molecule is COC(=O)C1CCCCC(F)(F)C1=O.COC(=O)CCCCCC(F)(F)C(=O)OC.[H-].[Na+]. The molecule has 1 atom stereocenters. The van der Waals surface area contributed by atoms with Crippen LogP contribution >= 0.6 is 0 Å². The molecule has 0 aliphatic heterocycles. The fourth-order valence-corrected chi connectivity index (χ4v) is 2.72. The molecule has 7 nitrogen and oxygen atoms in total. The van der Waals surface area contributed by atoms with Crippen LogP contribution in [0.3, 0.4) is 0 Å². The minimum Gasteiger partial charge on any atom is -1.00 e. The van der Waals surface area contributed by atoms with Crippen molar-refractivity contribution in [1.29, 1.82) is 0 Å². The minimum absolute atomic E-state index is 0. The molecule has 0 spiro atoms. The molecule has 1 unspecified atom stereocenters. The molecule has 0 saturated heterocycles. The number of methoxy groups -OCH3 is 3. The van der Waals surface area contributed by atoms with Gasteiger partial charge in [0, 0.05) is 19.3 Å². The Morgan fingerprint density at radius 3 is 2.16 bits per heavy atom. The number of Topliss-reactive ketones (excluding diaryl/α,β-unsaturated/α-hetero) is 1. The summed E-state index contributed by atoms with van der Waals surface area (Å²) in [5.74, 6) is -12.1. The Kier molecular flexibility index (Phi) is 16.1. The fourth-order valence-electron chi connectivity index (χ4n) is 2.72. The Balaban J connectivity index is -0.000000497. The number of unbranched alkanes of at least 4 members (excludes halogenated alkanes) is 2. The number of ether oxygens (including phenoxy) is 3. The molecule has 0 bridgehead atoms. The molecule has 1 aliphatic rings. The summed E-state index contributed by atoms with van der Waals surface area (Å²) in [6.45, 7) is 0. The maximum absolute atomic E-state index is 13.0. The van der Waals surface area contributed by atoms with E-state index in [1.807, 2.05) is 0 Å². The fraction of sp³-hybridized carbons (Fsp3) is 0.789. The molecule has 0 radical (unpaired) electrons. The summed E-state index contributed by atoms with van der Waals surface area (Å²) in [4.78, 5) is 43.5. The Bertz CT molecular complexity index is 606. The van der Waals surface area contributed by atoms with Crippen molar-refractivity contribution in [2.75, 3.05) is 21.3 Å². The monoisotopic (exact) mass is 468 g/mol. The second-order valence-corrected chi connectivity index (χ2v) is 6.72. The van der Waals surface area contributed by atoms with Gasteiger partial charge in [0.25, 0.3) is 0 Å². The van der Waals surface area contributed by atoms with Gasteiger partial charge in [-0.3, -0.25) is 14.4 Å². The molecule has 12 heteroatoms. The molecule has 0 N–H and O–H groups in total. The number of alkyl halides is 4. The number of hydrogen-bond acceptors (Lipinski definition) is 7. The van der Waals surface area contributed by atoms with Gasteiger partial charge >= 0.3 is 59.3 Å². The maximum Gasteiger partial charge on any atom is 1.00 e. The molecule has 31 heavy (non-hydrogen) atoms. The Hall–Kier alpha value is -1.20. The van der Waals surface area contributed by atoms with Crippen molar-refractivity contribution in [2.45, 2.75) is 69.6 Å². The van der Waals surface area contributed by atoms with Crippen LogP contribution in [0.5, 0.6) is 0 Å². The van der Waals surface area contributed by atoms with Gasteiger partial charge in [0.15, 0.2) is 0 Å². The number of carbonyl (C=O) groups excluding carboxylic acids is 4. The van der Waals surface area contributed by atoms with E-state index in [9.17, 15) is 36.7 Å². The Morgan fingerprint density at radius 1 is 1.03 bits per heavy atom. The molecule has 0 aromatic rings. The zero-order valence-electron chi connectivity index (χ0n) is 19.3. The third-order valence-electron chi connectivity index (χ3n) is 4.48. The van der Waals surface area contributed by atoms with Crippen LogP contribution in [0.4, 0.5) is 17.6 Å². The largest absolute Gasteiger partial charge is 1.00 e. The molecule has 1 rings (SSSR count). The average Bonchev–Trinajstić information content (AvgIpc) is 2.84. The van der Waals surface area contributed by atoms with Crippen LogP contribution in [0.2, 0.25) is 0 Å². The Labute approximate surface area is 202 Å². The summed E-state index contributed by atoms with van der Waals surface area (Å²) in [5.41, 5.74) is 0. The van der Waals surface area contributed by atoms with Crippen molar-refractivity contribution in [1.82, 2.24) is 0 Å². The van der Waals surface area contributed by atoms with Crippen LogP contribution in [-0.4, -0.2) is 56.9 Å². The van der Waals surface area contributed by atoms with Gasteiger partial charge < -0.3 is 15.6 Å². The average molecular weight is 468 g/mol. The summed E-state index contributed by atoms with van der Waals surface area (Å²) >= 11 is 0. The van der Waals surface area contributed by atoms with Crippen molar-refractivity contribution in [3.8, 4) is 0 Å². The number of hydrogen-bond donors (Lipinski definition) is 0. The zero-order chi connectivity index (χ0) is 23.4. The third-order valence-corrected chi connectivity index (χ3v) is 4.48. The molecule has 1 fully saturated rings. The van der Waals surface area contributed by atoms with Crippen LogP contribution in [-0.2, 0) is 33.4 Å². The first-order valence-electron chi connectivity index (χ1n) is 9.46. The number of rotatable bonds is 8. The van der Waals surface area contributed by atoms with E-state index in [0.717, 1.165) is 14.2 Å². The van der Waals surface area contributed by atoms with Crippen molar-refractivity contribution >= 4 is 23.7 Å². The molecule has 1 aliphatic carbocycles. The third kappa shape index (κ3) is 11.8. The van der Waals surface area contributed by atoms with Gasteiger partial charge in [-0.1, -0.05) is 12.8 Å². The second-order valence-electron chi connectivity index (χ2n) is 6.72. The first-order chi connectivity index (χ1) is 13.9. The van der Waals surface area contributed by atoms with Crippen molar-refractivity contribution < 1.29 is 81.9 Å². The zero-order valence-corrected chi connectivity index (χ0v) is 20.3. The molecule has 0 aromatic carbocycles. The Morgan fingerprint density at radius 2 is 1.65 bits per heavy atom. The van der Waals surface area contributed by atoms with E-state index in [1.54, 1.807) is 0 Å². The van der Waals surface area contributed by atoms with Crippen molar-refractivity contribution in [3.05, 3.63) is 0 Å². The summed E-state index contributed by atoms with van der Waals surface area (Å²) < 4.78 is 64.6. The van der Waals surface area contributed by atoms with Gasteiger partial charge in [0.05, 0.1) is 21.3 Å². The molecule has 0 heterocycles. The topological polar surface area (TPSA) is 96.0 Å². The van der Waals surface area contributed by atoms with Gasteiger partial charge in [-0.05, 0) is 25.7 Å². The van der Waals surface area contributed by atoms with Crippen molar-refractivity contribution in [2.24, 2.45) is 5.92 Å². The van der Waals surface area contributed by atoms with Gasteiger partial charge in [-0.2, -0.15) is 17.6 Å². The summed E-state index contributed by atoms with van der Waals surface area (Å²) in [6.07, 6.45) is 1.18. The number of carbonyl (C=O) groups is 4. The quantitative estimate of drug-likeness (QED) is 0.0979. The van der Waals surface area contributed by atoms with Crippen LogP contribution in [0, 0.1) is 5.92 Å². The van der Waals surface area contributed by atoms with E-state index in [1.165, 1.54) is 7.11 Å². The van der Waals surface area contributed by atoms with E-state index in [-0.39, 0.29) is 62.6 Å². The molecule has 0 aromatic heterocycles. The van der Waals surface area contributed by atoms with Gasteiger partial charge in [-0.25, -0.2) is 4.79 Å². The van der Waals surface area contributed by atoms with Gasteiger partial charge in [0.2, 0.25) is 5.78 Å². The number of halogens is 4. The first kappa shape index (κ1) is 32.0. The smallest absolute Gasteiger partial charge is 1.00 e. The number of esters is 3. The normalized spacial score (nSPS) is 17.8. The number of ketones is 1. The molecule has 176 valence electrons. The van der Waals surface area contributed by atoms with E-state index >= 15 is 0 Å². The second kappa shape index (κ2) is 15.6. The molecule has 0 amide bonds. The van der Waals surface area contributed by atoms with Gasteiger partial charge in [0.1, 0.15) is 5.92 Å². The van der Waals surface area contributed by atoms with Gasteiger partial charge in [-0.15, -0.1) is 0 Å². The summed E-state index contributed by atoms with van der Waals surface area (Å²) in [6, 6.07) is 0. The van der Waals surface area contributed by atoms with Crippen molar-refractivity contribution in [3.63, 3.8) is 0 Å². The molecular formula is C19H29F4NaO7. The van der Waals surface area contributed by atoms with E-state index < -0.39 is 48.3 Å².